The van der Waals surface area contributed by atoms with Crippen molar-refractivity contribution in [1.82, 2.24) is 14.8 Å². The van der Waals surface area contributed by atoms with Gasteiger partial charge in [-0.1, -0.05) is 6.07 Å². The molecule has 2 heterocycles. The van der Waals surface area contributed by atoms with Crippen LogP contribution in [0.15, 0.2) is 27.4 Å². The van der Waals surface area contributed by atoms with Gasteiger partial charge in [0.05, 0.1) is 11.1 Å². The van der Waals surface area contributed by atoms with Crippen LogP contribution in [0, 0.1) is 0 Å². The Hall–Kier alpha value is -2.83. The molecule has 0 unspecified atom stereocenters. The molecule has 0 aliphatic rings. The highest BCUT2D eigenvalue weighted by Crippen LogP contribution is 2.27. The predicted molar refractivity (Wildman–Crippen MR) is 68.8 cm³/mol. The Bertz CT molecular complexity index is 840. The molecule has 0 spiro atoms. The number of nitrogens with zero attached hydrogens (tertiary/aromatic N) is 2. The number of hydrogen-bond donors (Lipinski definition) is 2. The van der Waals surface area contributed by atoms with E-state index in [0.29, 0.717) is 40.0 Å². The summed E-state index contributed by atoms with van der Waals surface area (Å²) in [7, 11) is 1.65. The maximum atomic E-state index is 11.1. The van der Waals surface area contributed by atoms with Gasteiger partial charge in [0.1, 0.15) is 11.5 Å². The monoisotopic (exact) mass is 258 g/mol. The summed E-state index contributed by atoms with van der Waals surface area (Å²) < 4.78 is 6.40. The van der Waals surface area contributed by atoms with Crippen LogP contribution in [0.3, 0.4) is 0 Å². The summed E-state index contributed by atoms with van der Waals surface area (Å²) in [4.78, 5) is 24.7. The molecule has 7 nitrogen and oxygen atoms in total. The molecule has 0 aliphatic heterocycles. The van der Waals surface area contributed by atoms with Crippen molar-refractivity contribution in [3.8, 4) is 11.3 Å². The van der Waals surface area contributed by atoms with E-state index < -0.39 is 5.76 Å². The fourth-order valence-corrected chi connectivity index (χ4v) is 1.98. The van der Waals surface area contributed by atoms with Gasteiger partial charge in [-0.2, -0.15) is 5.10 Å². The van der Waals surface area contributed by atoms with Crippen molar-refractivity contribution in [1.29, 1.82) is 0 Å². The number of nitrogens with one attached hydrogen (secondary N) is 1. The minimum Gasteiger partial charge on any atom is -0.408 e. The van der Waals surface area contributed by atoms with Crippen molar-refractivity contribution < 1.29 is 9.21 Å². The number of carbonyl (C=O) groups is 1. The number of carbonyl (C=O) groups excluding carboxylic acids is 1. The molecule has 3 aromatic rings. The molecule has 0 aliphatic carbocycles. The third kappa shape index (κ3) is 1.63. The molecule has 0 radical (unpaired) electrons. The van der Waals surface area contributed by atoms with Crippen LogP contribution in [0.2, 0.25) is 0 Å². The molecule has 0 saturated carbocycles. The largest absolute Gasteiger partial charge is 0.417 e. The maximum Gasteiger partial charge on any atom is 0.417 e. The van der Waals surface area contributed by atoms with Crippen LogP contribution in [-0.2, 0) is 7.05 Å². The highest BCUT2D eigenvalue weighted by Gasteiger charge is 2.15. The molecule has 0 fully saturated rings. The molecule has 7 heteroatoms. The molecule has 2 aromatic heterocycles. The lowest BCUT2D eigenvalue weighted by Gasteiger charge is -1.97. The second-order valence-corrected chi connectivity index (χ2v) is 4.11. The molecular formula is C12H10N4O3. The second-order valence-electron chi connectivity index (χ2n) is 4.11. The van der Waals surface area contributed by atoms with Gasteiger partial charge in [-0.25, -0.2) is 4.79 Å². The Balaban J connectivity index is 2.26. The summed E-state index contributed by atoms with van der Waals surface area (Å²) in [5.41, 5.74) is 8.19. The van der Waals surface area contributed by atoms with Crippen LogP contribution in [0.25, 0.3) is 22.4 Å². The first-order chi connectivity index (χ1) is 9.10. The fourth-order valence-electron chi connectivity index (χ4n) is 1.98. The van der Waals surface area contributed by atoms with Gasteiger partial charge in [0.2, 0.25) is 0 Å². The molecule has 3 N–H and O–H groups in total. The normalized spacial score (nSPS) is 11.0. The third-order valence-electron chi connectivity index (χ3n) is 2.94. The Morgan fingerprint density at radius 1 is 1.47 bits per heavy atom. The van der Waals surface area contributed by atoms with E-state index in [4.69, 9.17) is 10.2 Å². The molecule has 0 saturated heterocycles. The number of benzene rings is 1. The van der Waals surface area contributed by atoms with E-state index in [-0.39, 0.29) is 0 Å². The van der Waals surface area contributed by atoms with Crippen LogP contribution in [0.4, 0.5) is 5.82 Å². The van der Waals surface area contributed by atoms with Crippen LogP contribution < -0.4 is 11.5 Å². The zero-order valence-electron chi connectivity index (χ0n) is 10.0. The van der Waals surface area contributed by atoms with Crippen molar-refractivity contribution in [2.75, 3.05) is 5.73 Å². The molecular weight excluding hydrogens is 248 g/mol. The number of nitrogens with two attached hydrogens (primary N) is 1. The number of fused-ring (bicyclic) bond motifs is 1. The lowest BCUT2D eigenvalue weighted by molar-refractivity contribution is 0.112. The van der Waals surface area contributed by atoms with Crippen molar-refractivity contribution in [3.05, 3.63) is 34.3 Å². The second kappa shape index (κ2) is 3.84. The van der Waals surface area contributed by atoms with E-state index in [1.165, 1.54) is 4.68 Å². The average Bonchev–Trinajstić information content (AvgIpc) is 2.89. The van der Waals surface area contributed by atoms with E-state index in [9.17, 15) is 9.59 Å². The van der Waals surface area contributed by atoms with Gasteiger partial charge in [-0.15, -0.1) is 0 Å². The minimum absolute atomic E-state index is 0.292. The summed E-state index contributed by atoms with van der Waals surface area (Å²) in [5.74, 6) is -0.232. The van der Waals surface area contributed by atoms with Gasteiger partial charge in [0.15, 0.2) is 11.9 Å². The first-order valence-corrected chi connectivity index (χ1v) is 5.51. The number of nitrogen functional groups attached to an aromatic ring is 1. The number of aryl methyl sites for hydroxylation is 1. The van der Waals surface area contributed by atoms with Crippen molar-refractivity contribution in [2.24, 2.45) is 7.05 Å². The number of aldehydes is 1. The summed E-state index contributed by atoms with van der Waals surface area (Å²) >= 11 is 0. The number of rotatable bonds is 2. The number of hydrogen-bond acceptors (Lipinski definition) is 5. The lowest BCUT2D eigenvalue weighted by atomic mass is 10.1. The highest BCUT2D eigenvalue weighted by molar-refractivity contribution is 5.93. The number of H-pyrrole nitrogens is 1. The van der Waals surface area contributed by atoms with E-state index in [2.05, 4.69) is 10.1 Å². The third-order valence-corrected chi connectivity index (χ3v) is 2.94. The van der Waals surface area contributed by atoms with Crippen LogP contribution in [0.5, 0.6) is 0 Å². The molecule has 0 bridgehead atoms. The predicted octanol–water partition coefficient (Wildman–Crippen LogP) is 0.916. The molecule has 0 atom stereocenters. The highest BCUT2D eigenvalue weighted by atomic mass is 16.4. The van der Waals surface area contributed by atoms with Crippen molar-refractivity contribution >= 4 is 23.2 Å². The summed E-state index contributed by atoms with van der Waals surface area (Å²) in [6, 6.07) is 5.07. The topological polar surface area (TPSA) is 107 Å². The summed E-state index contributed by atoms with van der Waals surface area (Å²) in [6.07, 6.45) is 0.662. The van der Waals surface area contributed by atoms with E-state index in [1.807, 2.05) is 0 Å². The standard InChI is InChI=1S/C12H10N4O3/c1-16-11(13)7(5-17)10(15-16)6-2-3-8-9(4-6)19-12(18)14-8/h2-5H,13H2,1H3,(H,14,18). The van der Waals surface area contributed by atoms with Gasteiger partial charge < -0.3 is 10.2 Å². The molecule has 0 amide bonds. The maximum absolute atomic E-state index is 11.1. The number of aromatic nitrogens is 3. The van der Waals surface area contributed by atoms with Gasteiger partial charge in [-0.05, 0) is 12.1 Å². The zero-order chi connectivity index (χ0) is 13.6. The fraction of sp³-hybridized carbons (Fsp3) is 0.0833. The Morgan fingerprint density at radius 3 is 3.00 bits per heavy atom. The van der Waals surface area contributed by atoms with E-state index >= 15 is 0 Å². The first kappa shape index (κ1) is 11.3. The SMILES string of the molecule is Cn1nc(-c2ccc3[nH]c(=O)oc3c2)c(C=O)c1N. The van der Waals surface area contributed by atoms with Crippen LogP contribution in [-0.4, -0.2) is 21.1 Å². The molecule has 3 rings (SSSR count). The Kier molecular flexibility index (Phi) is 2.28. The molecule has 1 aromatic carbocycles. The van der Waals surface area contributed by atoms with Crippen LogP contribution >= 0.6 is 0 Å². The summed E-state index contributed by atoms with van der Waals surface area (Å²) in [6.45, 7) is 0. The quantitative estimate of drug-likeness (QED) is 0.664. The number of anilines is 1. The van der Waals surface area contributed by atoms with Gasteiger partial charge >= 0.3 is 5.76 Å². The molecule has 19 heavy (non-hydrogen) atoms. The average molecular weight is 258 g/mol. The Morgan fingerprint density at radius 2 is 2.26 bits per heavy atom. The van der Waals surface area contributed by atoms with Gasteiger partial charge in [0, 0.05) is 12.6 Å². The van der Waals surface area contributed by atoms with E-state index in [1.54, 1.807) is 25.2 Å². The van der Waals surface area contributed by atoms with Gasteiger partial charge in [-0.3, -0.25) is 14.5 Å². The zero-order valence-corrected chi connectivity index (χ0v) is 10.0. The summed E-state index contributed by atoms with van der Waals surface area (Å²) in [5, 5.41) is 4.20. The van der Waals surface area contributed by atoms with Crippen LogP contribution in [0.1, 0.15) is 10.4 Å². The number of oxazole rings is 1. The molecule has 96 valence electrons. The minimum atomic E-state index is -0.525. The van der Waals surface area contributed by atoms with Crippen molar-refractivity contribution in [2.45, 2.75) is 0 Å². The lowest BCUT2D eigenvalue weighted by Crippen LogP contribution is -1.98. The first-order valence-electron chi connectivity index (χ1n) is 5.51. The Labute approximate surface area is 106 Å². The number of aromatic amines is 1. The van der Waals surface area contributed by atoms with Gasteiger partial charge in [0.25, 0.3) is 0 Å². The van der Waals surface area contributed by atoms with E-state index in [0.717, 1.165) is 0 Å². The van der Waals surface area contributed by atoms with Crippen molar-refractivity contribution in [3.63, 3.8) is 0 Å². The smallest absolute Gasteiger partial charge is 0.408 e.